The lowest BCUT2D eigenvalue weighted by Crippen LogP contribution is -1.90. The van der Waals surface area contributed by atoms with Crippen LogP contribution < -0.4 is 0 Å². The zero-order valence-corrected chi connectivity index (χ0v) is 9.50. The maximum Gasteiger partial charge on any atom is 0.0749 e. The van der Waals surface area contributed by atoms with Crippen LogP contribution in [0.1, 0.15) is 12.0 Å². The molecule has 0 amide bonds. The normalized spacial score (nSPS) is 12.1. The molecule has 1 aromatic carbocycles. The van der Waals surface area contributed by atoms with Gasteiger partial charge in [0.2, 0.25) is 0 Å². The highest BCUT2D eigenvalue weighted by Gasteiger charge is 2.03. The summed E-state index contributed by atoms with van der Waals surface area (Å²) in [4.78, 5) is 0. The van der Waals surface area contributed by atoms with Gasteiger partial charge in [0.25, 0.3) is 0 Å². The molecule has 0 aliphatic rings. The molecule has 0 unspecified atom stereocenters. The van der Waals surface area contributed by atoms with Gasteiger partial charge in [0.05, 0.1) is 6.61 Å². The molecule has 0 aliphatic carbocycles. The van der Waals surface area contributed by atoms with E-state index in [1.54, 1.807) is 0 Å². The van der Waals surface area contributed by atoms with Crippen LogP contribution in [0.3, 0.4) is 0 Å². The number of rotatable bonds is 4. The standard InChI is InChI=1S/C12H13BrO/c1-2-6-11(12(13)9-14)10-7-4-3-5-8-10/h2-5,7-8,14H,1,6,9H2/b12-11+. The van der Waals surface area contributed by atoms with Crippen molar-refractivity contribution in [3.63, 3.8) is 0 Å². The van der Waals surface area contributed by atoms with Crippen LogP contribution in [-0.2, 0) is 0 Å². The third kappa shape index (κ3) is 2.82. The monoisotopic (exact) mass is 252 g/mol. The largest absolute Gasteiger partial charge is 0.391 e. The van der Waals surface area contributed by atoms with Crippen molar-refractivity contribution in [2.24, 2.45) is 0 Å². The molecule has 0 aliphatic heterocycles. The fraction of sp³-hybridized carbons (Fsp3) is 0.167. The highest BCUT2D eigenvalue weighted by Crippen LogP contribution is 2.25. The van der Waals surface area contributed by atoms with Gasteiger partial charge in [0.15, 0.2) is 0 Å². The van der Waals surface area contributed by atoms with Crippen LogP contribution in [-0.4, -0.2) is 11.7 Å². The molecular formula is C12H13BrO. The predicted molar refractivity (Wildman–Crippen MR) is 64.2 cm³/mol. The van der Waals surface area contributed by atoms with Gasteiger partial charge in [-0.25, -0.2) is 0 Å². The van der Waals surface area contributed by atoms with Gasteiger partial charge in [-0.3, -0.25) is 0 Å². The van der Waals surface area contributed by atoms with Gasteiger partial charge in [-0.1, -0.05) is 52.3 Å². The van der Waals surface area contributed by atoms with Crippen LogP contribution in [0.5, 0.6) is 0 Å². The molecule has 0 aromatic heterocycles. The van der Waals surface area contributed by atoms with Gasteiger partial charge < -0.3 is 5.11 Å². The molecule has 0 heterocycles. The molecule has 1 rings (SSSR count). The van der Waals surface area contributed by atoms with Crippen molar-refractivity contribution in [2.75, 3.05) is 6.61 Å². The first-order valence-electron chi connectivity index (χ1n) is 4.44. The third-order valence-corrected chi connectivity index (χ3v) is 2.67. The fourth-order valence-electron chi connectivity index (χ4n) is 1.26. The van der Waals surface area contributed by atoms with Crippen molar-refractivity contribution in [2.45, 2.75) is 6.42 Å². The molecule has 0 fully saturated rings. The van der Waals surface area contributed by atoms with Gasteiger partial charge in [-0.15, -0.1) is 6.58 Å². The van der Waals surface area contributed by atoms with Crippen LogP contribution in [0.4, 0.5) is 0 Å². The van der Waals surface area contributed by atoms with E-state index in [9.17, 15) is 0 Å². The Morgan fingerprint density at radius 2 is 2.00 bits per heavy atom. The van der Waals surface area contributed by atoms with Gasteiger partial charge in [0, 0.05) is 4.48 Å². The summed E-state index contributed by atoms with van der Waals surface area (Å²) < 4.78 is 0.823. The second-order valence-electron chi connectivity index (χ2n) is 2.90. The molecule has 1 aromatic rings. The van der Waals surface area contributed by atoms with Crippen LogP contribution in [0.2, 0.25) is 0 Å². The number of hydrogen-bond donors (Lipinski definition) is 1. The van der Waals surface area contributed by atoms with E-state index in [1.165, 1.54) is 0 Å². The first kappa shape index (κ1) is 11.2. The van der Waals surface area contributed by atoms with E-state index in [2.05, 4.69) is 22.5 Å². The Morgan fingerprint density at radius 3 is 2.50 bits per heavy atom. The topological polar surface area (TPSA) is 20.2 Å². The average molecular weight is 253 g/mol. The lowest BCUT2D eigenvalue weighted by atomic mass is 10.0. The minimum Gasteiger partial charge on any atom is -0.391 e. The van der Waals surface area contributed by atoms with Crippen LogP contribution >= 0.6 is 15.9 Å². The second-order valence-corrected chi connectivity index (χ2v) is 3.86. The molecule has 0 saturated carbocycles. The minimum absolute atomic E-state index is 0.0259. The van der Waals surface area contributed by atoms with Crippen molar-refractivity contribution < 1.29 is 5.11 Å². The van der Waals surface area contributed by atoms with Crippen molar-refractivity contribution in [3.05, 3.63) is 53.0 Å². The van der Waals surface area contributed by atoms with Crippen LogP contribution in [0, 0.1) is 0 Å². The van der Waals surface area contributed by atoms with Gasteiger partial charge in [-0.05, 0) is 17.6 Å². The number of aliphatic hydroxyl groups excluding tert-OH is 1. The van der Waals surface area contributed by atoms with E-state index in [1.807, 2.05) is 36.4 Å². The Bertz CT molecular complexity index is 327. The summed E-state index contributed by atoms with van der Waals surface area (Å²) in [7, 11) is 0. The lowest BCUT2D eigenvalue weighted by Gasteiger charge is -2.07. The highest BCUT2D eigenvalue weighted by atomic mass is 79.9. The Hall–Kier alpha value is -0.860. The zero-order valence-electron chi connectivity index (χ0n) is 7.91. The van der Waals surface area contributed by atoms with Crippen molar-refractivity contribution >= 4 is 21.5 Å². The highest BCUT2D eigenvalue weighted by molar-refractivity contribution is 9.11. The summed E-state index contributed by atoms with van der Waals surface area (Å²) in [6.07, 6.45) is 2.59. The number of hydrogen-bond acceptors (Lipinski definition) is 1. The van der Waals surface area contributed by atoms with Crippen LogP contribution in [0.15, 0.2) is 47.5 Å². The molecule has 0 saturated heterocycles. The molecule has 0 radical (unpaired) electrons. The SMILES string of the molecule is C=CC/C(=C(\Br)CO)c1ccccc1. The predicted octanol–water partition coefficient (Wildman–Crippen LogP) is 3.36. The van der Waals surface area contributed by atoms with Crippen molar-refractivity contribution in [1.29, 1.82) is 0 Å². The first-order valence-corrected chi connectivity index (χ1v) is 5.23. The minimum atomic E-state index is 0.0259. The fourth-order valence-corrected chi connectivity index (χ4v) is 1.66. The first-order chi connectivity index (χ1) is 6.79. The molecule has 0 spiro atoms. The van der Waals surface area contributed by atoms with E-state index >= 15 is 0 Å². The average Bonchev–Trinajstić information content (AvgIpc) is 2.26. The lowest BCUT2D eigenvalue weighted by molar-refractivity contribution is 0.340. The van der Waals surface area contributed by atoms with E-state index in [0.29, 0.717) is 0 Å². The molecule has 14 heavy (non-hydrogen) atoms. The third-order valence-electron chi connectivity index (χ3n) is 1.94. The number of aliphatic hydroxyl groups is 1. The van der Waals surface area contributed by atoms with Gasteiger partial charge in [-0.2, -0.15) is 0 Å². The van der Waals surface area contributed by atoms with Gasteiger partial charge in [0.1, 0.15) is 0 Å². The molecular weight excluding hydrogens is 240 g/mol. The Balaban J connectivity index is 3.07. The summed E-state index contributed by atoms with van der Waals surface area (Å²) in [5, 5.41) is 9.05. The number of benzene rings is 1. The summed E-state index contributed by atoms with van der Waals surface area (Å²) in [5.74, 6) is 0. The molecule has 0 bridgehead atoms. The number of halogens is 1. The Morgan fingerprint density at radius 1 is 1.36 bits per heavy atom. The Kier molecular flexibility index (Phi) is 4.63. The van der Waals surface area contributed by atoms with Gasteiger partial charge >= 0.3 is 0 Å². The molecule has 1 N–H and O–H groups in total. The maximum atomic E-state index is 9.05. The summed E-state index contributed by atoms with van der Waals surface area (Å²) in [6, 6.07) is 9.99. The molecule has 1 nitrogen and oxygen atoms in total. The summed E-state index contributed by atoms with van der Waals surface area (Å²) in [5.41, 5.74) is 2.21. The van der Waals surface area contributed by atoms with Crippen molar-refractivity contribution in [1.82, 2.24) is 0 Å². The van der Waals surface area contributed by atoms with E-state index in [-0.39, 0.29) is 6.61 Å². The molecule has 74 valence electrons. The number of allylic oxidation sites excluding steroid dienone is 2. The van der Waals surface area contributed by atoms with Crippen molar-refractivity contribution in [3.8, 4) is 0 Å². The molecule has 0 atom stereocenters. The summed E-state index contributed by atoms with van der Waals surface area (Å²) >= 11 is 3.36. The Labute approximate surface area is 92.9 Å². The summed E-state index contributed by atoms with van der Waals surface area (Å²) in [6.45, 7) is 3.73. The molecule has 2 heteroatoms. The second kappa shape index (κ2) is 5.78. The maximum absolute atomic E-state index is 9.05. The smallest absolute Gasteiger partial charge is 0.0749 e. The van der Waals surface area contributed by atoms with Crippen LogP contribution in [0.25, 0.3) is 5.57 Å². The van der Waals surface area contributed by atoms with E-state index in [0.717, 1.165) is 22.0 Å². The zero-order chi connectivity index (χ0) is 10.4. The van der Waals surface area contributed by atoms with E-state index < -0.39 is 0 Å². The van der Waals surface area contributed by atoms with E-state index in [4.69, 9.17) is 5.11 Å². The quantitative estimate of drug-likeness (QED) is 0.816.